The molecular formula is C6H5ClO. The van der Waals surface area contributed by atoms with E-state index in [4.69, 9.17) is 22.2 Å². The summed E-state index contributed by atoms with van der Waals surface area (Å²) < 4.78 is 28.5. The minimum atomic E-state index is -0.609. The fourth-order valence-electron chi connectivity index (χ4n) is 0.291. The second-order valence-corrected chi connectivity index (χ2v) is 1.54. The van der Waals surface area contributed by atoms with Gasteiger partial charge < -0.3 is 5.11 Å². The highest BCUT2D eigenvalue weighted by molar-refractivity contribution is 6.31. The molecule has 1 nitrogen and oxygen atoms in total. The van der Waals surface area contributed by atoms with Crippen molar-refractivity contribution in [3.63, 3.8) is 0 Å². The standard InChI is InChI=1S/C6H5ClO/c7-5-3-1-2-4-6(5)8/h1-4,8H/i1D,2D,3D,4D. The van der Waals surface area contributed by atoms with Crippen LogP contribution in [0.15, 0.2) is 24.2 Å². The molecule has 42 valence electrons. The molecule has 0 saturated carbocycles. The average molecular weight is 133 g/mol. The minimum absolute atomic E-state index is 0.346. The number of hydrogen-bond acceptors (Lipinski definition) is 1. The third-order valence-corrected chi connectivity index (χ3v) is 0.897. The Kier molecular flexibility index (Phi) is 0.584. The Morgan fingerprint density at radius 3 is 2.88 bits per heavy atom. The lowest BCUT2D eigenvalue weighted by molar-refractivity contribution is 0.475. The molecule has 0 aliphatic rings. The number of aromatic hydroxyl groups is 1. The fourth-order valence-corrected chi connectivity index (χ4v) is 0.385. The largest absolute Gasteiger partial charge is 0.506 e. The summed E-state index contributed by atoms with van der Waals surface area (Å²) in [5.41, 5.74) is 0. The summed E-state index contributed by atoms with van der Waals surface area (Å²) >= 11 is 5.40. The van der Waals surface area contributed by atoms with Crippen LogP contribution in [-0.4, -0.2) is 5.11 Å². The Hall–Kier alpha value is -0.690. The fraction of sp³-hybridized carbons (Fsp3) is 0. The van der Waals surface area contributed by atoms with Gasteiger partial charge in [0.05, 0.1) is 10.5 Å². The number of benzene rings is 1. The van der Waals surface area contributed by atoms with E-state index in [1.165, 1.54) is 0 Å². The lowest BCUT2D eigenvalue weighted by atomic mass is 10.3. The van der Waals surface area contributed by atoms with E-state index in [0.717, 1.165) is 0 Å². The van der Waals surface area contributed by atoms with Gasteiger partial charge in [0.2, 0.25) is 0 Å². The van der Waals surface area contributed by atoms with Crippen molar-refractivity contribution in [3.8, 4) is 5.75 Å². The molecule has 8 heavy (non-hydrogen) atoms. The third kappa shape index (κ3) is 0.928. The van der Waals surface area contributed by atoms with Gasteiger partial charge in [-0.2, -0.15) is 0 Å². The highest BCUT2D eigenvalue weighted by atomic mass is 35.5. The van der Waals surface area contributed by atoms with Crippen molar-refractivity contribution in [2.24, 2.45) is 0 Å². The van der Waals surface area contributed by atoms with Crippen LogP contribution in [0.3, 0.4) is 0 Å². The molecule has 0 radical (unpaired) electrons. The van der Waals surface area contributed by atoms with Gasteiger partial charge in [-0.05, 0) is 12.1 Å². The van der Waals surface area contributed by atoms with Crippen molar-refractivity contribution < 1.29 is 10.6 Å². The number of phenols is 1. The zero-order valence-corrected chi connectivity index (χ0v) is 4.58. The predicted octanol–water partition coefficient (Wildman–Crippen LogP) is 2.05. The van der Waals surface area contributed by atoms with Gasteiger partial charge in [0.25, 0.3) is 0 Å². The molecular weight excluding hydrogens is 124 g/mol. The average Bonchev–Trinajstić information content (AvgIpc) is 2.08. The summed E-state index contributed by atoms with van der Waals surface area (Å²) in [4.78, 5) is 0. The van der Waals surface area contributed by atoms with E-state index in [1.807, 2.05) is 0 Å². The van der Waals surface area contributed by atoms with Crippen LogP contribution in [-0.2, 0) is 0 Å². The van der Waals surface area contributed by atoms with Gasteiger partial charge in [-0.1, -0.05) is 23.7 Å². The first kappa shape index (κ1) is 2.28. The molecule has 0 bridgehead atoms. The Balaban J connectivity index is 3.60. The zero-order valence-electron chi connectivity index (χ0n) is 7.83. The van der Waals surface area contributed by atoms with Crippen molar-refractivity contribution in [2.45, 2.75) is 0 Å². The second-order valence-electron chi connectivity index (χ2n) is 1.16. The van der Waals surface area contributed by atoms with E-state index in [2.05, 4.69) is 0 Å². The first-order valence-corrected chi connectivity index (χ1v) is 2.29. The quantitative estimate of drug-likeness (QED) is 0.573. The van der Waals surface area contributed by atoms with E-state index in [9.17, 15) is 0 Å². The zero-order chi connectivity index (χ0) is 9.46. The maximum atomic E-state index is 9.05. The van der Waals surface area contributed by atoms with Crippen LogP contribution in [0.2, 0.25) is 5.02 Å². The van der Waals surface area contributed by atoms with Crippen LogP contribution in [0.25, 0.3) is 0 Å². The Morgan fingerprint density at radius 1 is 1.50 bits per heavy atom. The number of halogens is 1. The van der Waals surface area contributed by atoms with Crippen LogP contribution in [0, 0.1) is 0 Å². The van der Waals surface area contributed by atoms with Gasteiger partial charge in [-0.3, -0.25) is 0 Å². The maximum Gasteiger partial charge on any atom is 0.134 e. The van der Waals surface area contributed by atoms with Gasteiger partial charge in [-0.25, -0.2) is 0 Å². The molecule has 0 aliphatic heterocycles. The van der Waals surface area contributed by atoms with E-state index < -0.39 is 29.9 Å². The summed E-state index contributed by atoms with van der Waals surface area (Å²) in [6.07, 6.45) is 0. The van der Waals surface area contributed by atoms with Crippen LogP contribution in [0.1, 0.15) is 5.48 Å². The molecule has 0 heterocycles. The molecule has 0 atom stereocenters. The SMILES string of the molecule is [2H]c1c([2H])c([2H])c(Cl)c(O)c1[2H]. The molecule has 0 unspecified atom stereocenters. The van der Waals surface area contributed by atoms with E-state index >= 15 is 0 Å². The van der Waals surface area contributed by atoms with Gasteiger partial charge in [-0.15, -0.1) is 0 Å². The molecule has 0 amide bonds. The molecule has 1 aromatic carbocycles. The first-order valence-electron chi connectivity index (χ1n) is 3.91. The summed E-state index contributed by atoms with van der Waals surface area (Å²) in [5, 5.41) is 8.70. The van der Waals surface area contributed by atoms with Crippen LogP contribution in [0.4, 0.5) is 0 Å². The Morgan fingerprint density at radius 2 is 2.12 bits per heavy atom. The predicted molar refractivity (Wildman–Crippen MR) is 33.1 cm³/mol. The number of phenolic OH excluding ortho intramolecular Hbond substituents is 1. The van der Waals surface area contributed by atoms with Crippen molar-refractivity contribution in [3.05, 3.63) is 29.2 Å². The van der Waals surface area contributed by atoms with Crippen LogP contribution < -0.4 is 0 Å². The monoisotopic (exact) mass is 132 g/mol. The molecule has 0 spiro atoms. The molecule has 0 saturated heterocycles. The number of rotatable bonds is 0. The van der Waals surface area contributed by atoms with E-state index in [0.29, 0.717) is 0 Å². The second kappa shape index (κ2) is 2.05. The van der Waals surface area contributed by atoms with Crippen molar-refractivity contribution in [1.29, 1.82) is 0 Å². The molecule has 0 fully saturated rings. The number of hydrogen-bond donors (Lipinski definition) is 1. The van der Waals surface area contributed by atoms with Crippen molar-refractivity contribution >= 4 is 11.6 Å². The molecule has 1 aromatic rings. The van der Waals surface area contributed by atoms with Crippen molar-refractivity contribution in [1.82, 2.24) is 0 Å². The first-order chi connectivity index (χ1) is 5.46. The molecule has 0 aromatic heterocycles. The van der Waals surface area contributed by atoms with Gasteiger partial charge in [0.15, 0.2) is 0 Å². The van der Waals surface area contributed by atoms with Gasteiger partial charge in [0, 0.05) is 0 Å². The van der Waals surface area contributed by atoms with E-state index in [1.54, 1.807) is 0 Å². The minimum Gasteiger partial charge on any atom is -0.506 e. The van der Waals surface area contributed by atoms with Gasteiger partial charge in [0.1, 0.15) is 5.75 Å². The molecule has 2 heteroatoms. The normalized spacial score (nSPS) is 16.1. The Bertz CT molecular complexity index is 234. The summed E-state index contributed by atoms with van der Waals surface area (Å²) in [5.74, 6) is -0.609. The summed E-state index contributed by atoms with van der Waals surface area (Å²) in [7, 11) is 0. The summed E-state index contributed by atoms with van der Waals surface area (Å²) in [6.45, 7) is 0. The smallest absolute Gasteiger partial charge is 0.134 e. The van der Waals surface area contributed by atoms with Crippen molar-refractivity contribution in [2.75, 3.05) is 0 Å². The third-order valence-electron chi connectivity index (χ3n) is 0.624. The van der Waals surface area contributed by atoms with E-state index in [-0.39, 0.29) is 5.02 Å². The molecule has 1 N–H and O–H groups in total. The van der Waals surface area contributed by atoms with Crippen LogP contribution in [0.5, 0.6) is 5.75 Å². The Labute approximate surface area is 58.1 Å². The molecule has 1 rings (SSSR count). The summed E-state index contributed by atoms with van der Waals surface area (Å²) in [6, 6.07) is -1.86. The van der Waals surface area contributed by atoms with Crippen LogP contribution >= 0.6 is 11.6 Å². The highest BCUT2D eigenvalue weighted by Gasteiger charge is 1.89. The molecule has 0 aliphatic carbocycles. The maximum absolute atomic E-state index is 9.05. The number of para-hydroxylation sites is 1. The topological polar surface area (TPSA) is 20.2 Å². The van der Waals surface area contributed by atoms with Gasteiger partial charge >= 0.3 is 0 Å². The lowest BCUT2D eigenvalue weighted by Gasteiger charge is -1.89. The lowest BCUT2D eigenvalue weighted by Crippen LogP contribution is -1.62. The highest BCUT2D eigenvalue weighted by Crippen LogP contribution is 2.20.